The van der Waals surface area contributed by atoms with Crippen LogP contribution < -0.4 is 5.32 Å². The standard InChI is InChI=1S/C15H26N2O/c1-3-13-6-5-9-17(11-13)12-15-8-7-14(18-15)10-16-4-2/h7-8,13,16H,3-6,9-12H2,1-2H3. The molecule has 1 unspecified atom stereocenters. The lowest BCUT2D eigenvalue weighted by Crippen LogP contribution is -2.34. The summed E-state index contributed by atoms with van der Waals surface area (Å²) in [6.07, 6.45) is 4.04. The van der Waals surface area contributed by atoms with Crippen LogP contribution in [0.1, 0.15) is 44.6 Å². The van der Waals surface area contributed by atoms with Gasteiger partial charge in [0.25, 0.3) is 0 Å². The Bertz CT molecular complexity index is 348. The van der Waals surface area contributed by atoms with Gasteiger partial charge in [0.1, 0.15) is 11.5 Å². The molecule has 0 aliphatic carbocycles. The summed E-state index contributed by atoms with van der Waals surface area (Å²) in [7, 11) is 0. The zero-order valence-electron chi connectivity index (χ0n) is 11.7. The van der Waals surface area contributed by atoms with Crippen LogP contribution in [0.4, 0.5) is 0 Å². The molecular weight excluding hydrogens is 224 g/mol. The van der Waals surface area contributed by atoms with Crippen LogP contribution in [-0.2, 0) is 13.1 Å². The van der Waals surface area contributed by atoms with E-state index in [1.165, 1.54) is 32.4 Å². The average molecular weight is 250 g/mol. The molecule has 0 spiro atoms. The Labute approximate surface area is 111 Å². The summed E-state index contributed by atoms with van der Waals surface area (Å²) in [5.74, 6) is 3.05. The van der Waals surface area contributed by atoms with Gasteiger partial charge in [-0.25, -0.2) is 0 Å². The fraction of sp³-hybridized carbons (Fsp3) is 0.733. The molecule has 2 rings (SSSR count). The molecule has 0 amide bonds. The molecule has 0 bridgehead atoms. The molecule has 1 N–H and O–H groups in total. The van der Waals surface area contributed by atoms with Gasteiger partial charge in [0, 0.05) is 6.54 Å². The van der Waals surface area contributed by atoms with Crippen molar-refractivity contribution >= 4 is 0 Å². The lowest BCUT2D eigenvalue weighted by atomic mass is 9.96. The van der Waals surface area contributed by atoms with Crippen LogP contribution in [0.25, 0.3) is 0 Å². The van der Waals surface area contributed by atoms with Crippen molar-refractivity contribution in [2.75, 3.05) is 19.6 Å². The van der Waals surface area contributed by atoms with Crippen LogP contribution in [0, 0.1) is 5.92 Å². The van der Waals surface area contributed by atoms with E-state index in [0.29, 0.717) is 0 Å². The molecule has 0 aromatic carbocycles. The van der Waals surface area contributed by atoms with Crippen LogP contribution in [0.5, 0.6) is 0 Å². The lowest BCUT2D eigenvalue weighted by molar-refractivity contribution is 0.153. The Hall–Kier alpha value is -0.800. The van der Waals surface area contributed by atoms with Gasteiger partial charge in [0.05, 0.1) is 13.1 Å². The number of piperidine rings is 1. The topological polar surface area (TPSA) is 28.4 Å². The number of nitrogens with zero attached hydrogens (tertiary/aromatic N) is 1. The van der Waals surface area contributed by atoms with E-state index in [4.69, 9.17) is 4.42 Å². The third kappa shape index (κ3) is 3.85. The van der Waals surface area contributed by atoms with Crippen molar-refractivity contribution in [2.45, 2.75) is 46.2 Å². The summed E-state index contributed by atoms with van der Waals surface area (Å²) in [6.45, 7) is 9.68. The van der Waals surface area contributed by atoms with Crippen LogP contribution in [0.15, 0.2) is 16.5 Å². The second kappa shape index (κ2) is 6.95. The van der Waals surface area contributed by atoms with Crippen molar-refractivity contribution in [3.8, 4) is 0 Å². The maximum absolute atomic E-state index is 5.85. The Morgan fingerprint density at radius 1 is 1.33 bits per heavy atom. The van der Waals surface area contributed by atoms with E-state index in [-0.39, 0.29) is 0 Å². The average Bonchev–Trinajstić information content (AvgIpc) is 2.84. The monoisotopic (exact) mass is 250 g/mol. The number of hydrogen-bond acceptors (Lipinski definition) is 3. The first-order valence-electron chi connectivity index (χ1n) is 7.32. The fourth-order valence-corrected chi connectivity index (χ4v) is 2.70. The van der Waals surface area contributed by atoms with E-state index in [1.54, 1.807) is 0 Å². The zero-order valence-corrected chi connectivity index (χ0v) is 11.7. The summed E-state index contributed by atoms with van der Waals surface area (Å²) in [5.41, 5.74) is 0. The minimum atomic E-state index is 0.841. The molecule has 3 heteroatoms. The van der Waals surface area contributed by atoms with Crippen molar-refractivity contribution < 1.29 is 4.42 Å². The molecule has 1 aliphatic rings. The molecule has 18 heavy (non-hydrogen) atoms. The van der Waals surface area contributed by atoms with Crippen LogP contribution in [-0.4, -0.2) is 24.5 Å². The summed E-state index contributed by atoms with van der Waals surface area (Å²) < 4.78 is 5.85. The molecular formula is C15H26N2O. The number of nitrogens with one attached hydrogen (secondary N) is 1. The third-order valence-corrected chi connectivity index (χ3v) is 3.83. The van der Waals surface area contributed by atoms with Gasteiger partial charge in [-0.05, 0) is 44.0 Å². The molecule has 1 aromatic heterocycles. The summed E-state index contributed by atoms with van der Waals surface area (Å²) in [4.78, 5) is 2.54. The van der Waals surface area contributed by atoms with Crippen molar-refractivity contribution in [1.29, 1.82) is 0 Å². The van der Waals surface area contributed by atoms with Crippen molar-refractivity contribution in [3.63, 3.8) is 0 Å². The Kier molecular flexibility index (Phi) is 5.26. The van der Waals surface area contributed by atoms with Gasteiger partial charge in [-0.2, -0.15) is 0 Å². The highest BCUT2D eigenvalue weighted by atomic mass is 16.3. The van der Waals surface area contributed by atoms with E-state index in [9.17, 15) is 0 Å². The van der Waals surface area contributed by atoms with Crippen molar-refractivity contribution in [3.05, 3.63) is 23.7 Å². The molecule has 102 valence electrons. The van der Waals surface area contributed by atoms with E-state index < -0.39 is 0 Å². The van der Waals surface area contributed by atoms with E-state index in [1.807, 2.05) is 0 Å². The quantitative estimate of drug-likeness (QED) is 0.841. The summed E-state index contributed by atoms with van der Waals surface area (Å²) in [5, 5.41) is 3.29. The molecule has 3 nitrogen and oxygen atoms in total. The highest BCUT2D eigenvalue weighted by Gasteiger charge is 2.19. The molecule has 1 atom stereocenters. The first-order chi connectivity index (χ1) is 8.81. The molecule has 1 saturated heterocycles. The number of furan rings is 1. The minimum absolute atomic E-state index is 0.841. The molecule has 2 heterocycles. The van der Waals surface area contributed by atoms with Crippen molar-refractivity contribution in [2.24, 2.45) is 5.92 Å². The second-order valence-corrected chi connectivity index (χ2v) is 5.30. The maximum Gasteiger partial charge on any atom is 0.118 e. The summed E-state index contributed by atoms with van der Waals surface area (Å²) >= 11 is 0. The zero-order chi connectivity index (χ0) is 12.8. The van der Waals surface area contributed by atoms with Crippen LogP contribution >= 0.6 is 0 Å². The Morgan fingerprint density at radius 3 is 2.94 bits per heavy atom. The first kappa shape index (κ1) is 13.6. The highest BCUT2D eigenvalue weighted by Crippen LogP contribution is 2.21. The highest BCUT2D eigenvalue weighted by molar-refractivity contribution is 5.07. The van der Waals surface area contributed by atoms with E-state index in [2.05, 4.69) is 36.2 Å². The van der Waals surface area contributed by atoms with Gasteiger partial charge in [0.2, 0.25) is 0 Å². The Balaban J connectivity index is 1.83. The third-order valence-electron chi connectivity index (χ3n) is 3.83. The van der Waals surface area contributed by atoms with Gasteiger partial charge in [-0.1, -0.05) is 20.3 Å². The molecule has 1 aliphatic heterocycles. The van der Waals surface area contributed by atoms with Gasteiger partial charge in [0.15, 0.2) is 0 Å². The fourth-order valence-electron chi connectivity index (χ4n) is 2.70. The Morgan fingerprint density at radius 2 is 2.17 bits per heavy atom. The smallest absolute Gasteiger partial charge is 0.118 e. The largest absolute Gasteiger partial charge is 0.463 e. The molecule has 1 aromatic rings. The number of hydrogen-bond donors (Lipinski definition) is 1. The van der Waals surface area contributed by atoms with E-state index >= 15 is 0 Å². The van der Waals surface area contributed by atoms with Crippen molar-refractivity contribution in [1.82, 2.24) is 10.2 Å². The van der Waals surface area contributed by atoms with Crippen LogP contribution in [0.3, 0.4) is 0 Å². The van der Waals surface area contributed by atoms with Gasteiger partial charge >= 0.3 is 0 Å². The predicted molar refractivity (Wildman–Crippen MR) is 74.4 cm³/mol. The minimum Gasteiger partial charge on any atom is -0.463 e. The normalized spacial score (nSPS) is 21.3. The summed E-state index contributed by atoms with van der Waals surface area (Å²) in [6, 6.07) is 4.22. The SMILES string of the molecule is CCNCc1ccc(CN2CCCC(CC)C2)o1. The van der Waals surface area contributed by atoms with Gasteiger partial charge in [-0.15, -0.1) is 0 Å². The number of rotatable bonds is 6. The number of likely N-dealkylation sites (tertiary alicyclic amines) is 1. The molecule has 0 saturated carbocycles. The molecule has 0 radical (unpaired) electrons. The van der Waals surface area contributed by atoms with Gasteiger partial charge in [-0.3, -0.25) is 4.90 Å². The van der Waals surface area contributed by atoms with Gasteiger partial charge < -0.3 is 9.73 Å². The maximum atomic E-state index is 5.85. The van der Waals surface area contributed by atoms with E-state index in [0.717, 1.165) is 37.1 Å². The lowest BCUT2D eigenvalue weighted by Gasteiger charge is -2.31. The second-order valence-electron chi connectivity index (χ2n) is 5.30. The first-order valence-corrected chi connectivity index (χ1v) is 7.32. The van der Waals surface area contributed by atoms with Crippen LogP contribution in [0.2, 0.25) is 0 Å². The molecule has 1 fully saturated rings. The predicted octanol–water partition coefficient (Wildman–Crippen LogP) is 3.01.